The first-order valence-electron chi connectivity index (χ1n) is 10.3. The van der Waals surface area contributed by atoms with Crippen LogP contribution in [-0.2, 0) is 0 Å². The summed E-state index contributed by atoms with van der Waals surface area (Å²) in [6.07, 6.45) is 0.806. The second-order valence-corrected chi connectivity index (χ2v) is 7.36. The van der Waals surface area contributed by atoms with Gasteiger partial charge in [0, 0.05) is 24.8 Å². The number of hydrogen-bond donors (Lipinski definition) is 3. The molecular weight excluding hydrogens is 410 g/mol. The van der Waals surface area contributed by atoms with Crippen LogP contribution >= 0.6 is 0 Å². The van der Waals surface area contributed by atoms with Crippen molar-refractivity contribution >= 4 is 17.4 Å². The summed E-state index contributed by atoms with van der Waals surface area (Å²) in [6, 6.07) is 11.5. The maximum atomic E-state index is 12.6. The van der Waals surface area contributed by atoms with E-state index in [0.29, 0.717) is 46.4 Å². The lowest BCUT2D eigenvalue weighted by Crippen LogP contribution is -2.26. The highest BCUT2D eigenvalue weighted by Gasteiger charge is 2.32. The van der Waals surface area contributed by atoms with Crippen molar-refractivity contribution in [2.45, 2.75) is 12.5 Å². The molecule has 32 heavy (non-hydrogen) atoms. The first-order chi connectivity index (χ1) is 15.5. The number of hydrogen-bond acceptors (Lipinski definition) is 7. The van der Waals surface area contributed by atoms with E-state index in [2.05, 4.69) is 16.7 Å². The average molecular weight is 438 g/mol. The highest BCUT2D eigenvalue weighted by atomic mass is 16.5. The second kappa shape index (κ2) is 8.70. The summed E-state index contributed by atoms with van der Waals surface area (Å²) in [5.74, 6) is 1.43. The number of fused-ring (bicyclic) bond motifs is 1. The van der Waals surface area contributed by atoms with Crippen LogP contribution in [0, 0.1) is 0 Å². The maximum absolute atomic E-state index is 12.6. The summed E-state index contributed by atoms with van der Waals surface area (Å²) in [5, 5.41) is 11.4. The molecule has 168 valence electrons. The van der Waals surface area contributed by atoms with Crippen LogP contribution in [0.15, 0.2) is 36.4 Å². The fraction of sp³-hybridized carbons (Fsp3) is 0.304. The van der Waals surface area contributed by atoms with E-state index in [0.717, 1.165) is 17.7 Å². The molecule has 1 aliphatic heterocycles. The van der Waals surface area contributed by atoms with Crippen LogP contribution in [0.25, 0.3) is 11.3 Å². The van der Waals surface area contributed by atoms with E-state index in [1.54, 1.807) is 26.4 Å². The van der Waals surface area contributed by atoms with Crippen molar-refractivity contribution in [2.24, 2.45) is 5.73 Å². The summed E-state index contributed by atoms with van der Waals surface area (Å²) in [7, 11) is 6.51. The van der Waals surface area contributed by atoms with Gasteiger partial charge in [-0.25, -0.2) is 4.68 Å². The zero-order valence-electron chi connectivity index (χ0n) is 18.6. The molecule has 0 aliphatic carbocycles. The average Bonchev–Trinajstić information content (AvgIpc) is 3.23. The van der Waals surface area contributed by atoms with Crippen molar-refractivity contribution < 1.29 is 19.0 Å². The van der Waals surface area contributed by atoms with Crippen LogP contribution in [0.1, 0.15) is 28.4 Å². The third kappa shape index (κ3) is 3.45. The molecule has 1 amide bonds. The fourth-order valence-corrected chi connectivity index (χ4v) is 4.23. The highest BCUT2D eigenvalue weighted by molar-refractivity contribution is 6.04. The van der Waals surface area contributed by atoms with Crippen LogP contribution in [-0.4, -0.2) is 50.6 Å². The topological polar surface area (TPSA) is 113 Å². The number of carbonyl (C=O) groups is 1. The summed E-state index contributed by atoms with van der Waals surface area (Å²) in [4.78, 5) is 12.6. The Labute approximate surface area is 186 Å². The molecule has 3 aromatic rings. The third-order valence-corrected chi connectivity index (χ3v) is 5.69. The molecule has 9 nitrogen and oxygen atoms in total. The molecule has 0 bridgehead atoms. The Hall–Kier alpha value is -3.88. The number of benzene rings is 2. The maximum Gasteiger partial charge on any atom is 0.254 e. The van der Waals surface area contributed by atoms with Gasteiger partial charge >= 0.3 is 0 Å². The first kappa shape index (κ1) is 21.4. The number of aromatic nitrogens is 2. The Morgan fingerprint density at radius 1 is 1.16 bits per heavy atom. The van der Waals surface area contributed by atoms with Crippen LogP contribution in [0.5, 0.6) is 17.2 Å². The van der Waals surface area contributed by atoms with Gasteiger partial charge in [-0.2, -0.15) is 5.10 Å². The molecule has 9 heteroatoms. The Balaban J connectivity index is 1.93. The molecule has 2 heterocycles. The number of anilines is 2. The lowest BCUT2D eigenvalue weighted by atomic mass is 9.99. The predicted octanol–water partition coefficient (Wildman–Crippen LogP) is 3.12. The first-order valence-corrected chi connectivity index (χ1v) is 10.3. The van der Waals surface area contributed by atoms with Gasteiger partial charge < -0.3 is 30.6 Å². The van der Waals surface area contributed by atoms with Gasteiger partial charge in [0.1, 0.15) is 17.1 Å². The summed E-state index contributed by atoms with van der Waals surface area (Å²) >= 11 is 0. The number of nitrogens with one attached hydrogen (secondary N) is 2. The molecule has 4 rings (SSSR count). The van der Waals surface area contributed by atoms with Gasteiger partial charge in [-0.05, 0) is 30.2 Å². The van der Waals surface area contributed by atoms with Gasteiger partial charge in [-0.3, -0.25) is 4.79 Å². The molecule has 0 radical (unpaired) electrons. The van der Waals surface area contributed by atoms with Crippen LogP contribution in [0.3, 0.4) is 0 Å². The second-order valence-electron chi connectivity index (χ2n) is 7.36. The van der Waals surface area contributed by atoms with Crippen LogP contribution < -0.4 is 30.6 Å². The van der Waals surface area contributed by atoms with Gasteiger partial charge in [0.15, 0.2) is 11.5 Å². The molecule has 4 N–H and O–H groups in total. The number of primary amides is 1. The van der Waals surface area contributed by atoms with Gasteiger partial charge in [0.05, 0.1) is 27.4 Å². The van der Waals surface area contributed by atoms with Gasteiger partial charge in [0.2, 0.25) is 5.75 Å². The molecule has 1 aliphatic rings. The van der Waals surface area contributed by atoms with Crippen molar-refractivity contribution in [3.05, 3.63) is 47.5 Å². The van der Waals surface area contributed by atoms with E-state index < -0.39 is 5.91 Å². The van der Waals surface area contributed by atoms with E-state index in [-0.39, 0.29) is 6.04 Å². The summed E-state index contributed by atoms with van der Waals surface area (Å²) in [6.45, 7) is 0.684. The number of rotatable bonds is 7. The Morgan fingerprint density at radius 3 is 2.44 bits per heavy atom. The Morgan fingerprint density at radius 2 is 1.84 bits per heavy atom. The SMILES string of the molecule is CNc1ccccc1C1CCNc2c(C(N)=O)c(-c3cc(OC)c(OC)c(OC)c3)nn21. The van der Waals surface area contributed by atoms with Gasteiger partial charge in [-0.1, -0.05) is 18.2 Å². The molecular formula is C23H27N5O4. The van der Waals surface area contributed by atoms with E-state index in [1.165, 1.54) is 7.11 Å². The normalized spacial score (nSPS) is 14.8. The zero-order chi connectivity index (χ0) is 22.8. The standard InChI is InChI=1S/C23H27N5O4/c1-25-15-8-6-5-7-14(15)16-9-10-26-23-19(22(24)29)20(27-28(16)23)13-11-17(30-2)21(32-4)18(12-13)31-3/h5-8,11-12,16,25-26H,9-10H2,1-4H3,(H2,24,29). The van der Waals surface area contributed by atoms with Gasteiger partial charge in [-0.15, -0.1) is 0 Å². The number of methoxy groups -OCH3 is 3. The lowest BCUT2D eigenvalue weighted by Gasteiger charge is -2.27. The molecule has 1 atom stereocenters. The number of nitrogens with zero attached hydrogens (tertiary/aromatic N) is 2. The molecule has 0 saturated heterocycles. The third-order valence-electron chi connectivity index (χ3n) is 5.69. The molecule has 2 aromatic carbocycles. The fourth-order valence-electron chi connectivity index (χ4n) is 4.23. The number of amides is 1. The molecule has 0 saturated carbocycles. The lowest BCUT2D eigenvalue weighted by molar-refractivity contribution is 0.100. The van der Waals surface area contributed by atoms with Crippen LogP contribution in [0.2, 0.25) is 0 Å². The summed E-state index contributed by atoms with van der Waals surface area (Å²) < 4.78 is 18.2. The number of ether oxygens (including phenoxy) is 3. The summed E-state index contributed by atoms with van der Waals surface area (Å²) in [5.41, 5.74) is 9.34. The van der Waals surface area contributed by atoms with Crippen LogP contribution in [0.4, 0.5) is 11.5 Å². The van der Waals surface area contributed by atoms with Crippen molar-refractivity contribution in [3.63, 3.8) is 0 Å². The monoisotopic (exact) mass is 437 g/mol. The number of carbonyl (C=O) groups excluding carboxylic acids is 1. The molecule has 1 aromatic heterocycles. The minimum Gasteiger partial charge on any atom is -0.493 e. The minimum absolute atomic E-state index is 0.0659. The Bertz CT molecular complexity index is 1130. The highest BCUT2D eigenvalue weighted by Crippen LogP contribution is 2.44. The number of para-hydroxylation sites is 1. The van der Waals surface area contributed by atoms with Crippen molar-refractivity contribution in [1.82, 2.24) is 9.78 Å². The smallest absolute Gasteiger partial charge is 0.254 e. The minimum atomic E-state index is -0.565. The van der Waals surface area contributed by atoms with Crippen molar-refractivity contribution in [2.75, 3.05) is 45.6 Å². The molecule has 0 fully saturated rings. The zero-order valence-corrected chi connectivity index (χ0v) is 18.6. The van der Waals surface area contributed by atoms with E-state index >= 15 is 0 Å². The number of nitrogens with two attached hydrogens (primary N) is 1. The van der Waals surface area contributed by atoms with Crippen molar-refractivity contribution in [1.29, 1.82) is 0 Å². The van der Waals surface area contributed by atoms with Gasteiger partial charge in [0.25, 0.3) is 5.91 Å². The van der Waals surface area contributed by atoms with Crippen molar-refractivity contribution in [3.8, 4) is 28.5 Å². The van der Waals surface area contributed by atoms with E-state index in [4.69, 9.17) is 25.0 Å². The van der Waals surface area contributed by atoms with E-state index in [9.17, 15) is 4.79 Å². The Kier molecular flexibility index (Phi) is 5.81. The molecule has 0 spiro atoms. The predicted molar refractivity (Wildman–Crippen MR) is 123 cm³/mol. The van der Waals surface area contributed by atoms with E-state index in [1.807, 2.05) is 29.9 Å². The quantitative estimate of drug-likeness (QED) is 0.520. The molecule has 1 unspecified atom stereocenters. The largest absolute Gasteiger partial charge is 0.493 e.